The summed E-state index contributed by atoms with van der Waals surface area (Å²) in [5.41, 5.74) is -0.203. The van der Waals surface area contributed by atoms with Gasteiger partial charge in [0, 0.05) is 5.54 Å². The number of nitrogens with zero attached hydrogens (tertiary/aromatic N) is 1. The highest BCUT2D eigenvalue weighted by molar-refractivity contribution is 5.72. The van der Waals surface area contributed by atoms with Crippen LogP contribution in [0.1, 0.15) is 33.6 Å². The van der Waals surface area contributed by atoms with Crippen LogP contribution in [0.5, 0.6) is 0 Å². The van der Waals surface area contributed by atoms with Crippen molar-refractivity contribution < 1.29 is 9.53 Å². The molecule has 2 rings (SSSR count). The molecule has 0 radical (unpaired) electrons. The maximum absolute atomic E-state index is 11.8. The summed E-state index contributed by atoms with van der Waals surface area (Å²) in [6.07, 6.45) is 1.84. The van der Waals surface area contributed by atoms with Crippen LogP contribution in [0.2, 0.25) is 0 Å². The summed E-state index contributed by atoms with van der Waals surface area (Å²) < 4.78 is 5.24. The van der Waals surface area contributed by atoms with Gasteiger partial charge >= 0.3 is 6.09 Å². The highest BCUT2D eigenvalue weighted by atomic mass is 16.6. The molecule has 1 N–H and O–H groups in total. The number of rotatable bonds is 0. The Morgan fingerprint density at radius 2 is 1.93 bits per heavy atom. The van der Waals surface area contributed by atoms with E-state index in [0.717, 1.165) is 25.9 Å². The van der Waals surface area contributed by atoms with Gasteiger partial charge in [-0.3, -0.25) is 4.90 Å². The Hall–Kier alpha value is -0.770. The molecule has 15 heavy (non-hydrogen) atoms. The van der Waals surface area contributed by atoms with Crippen molar-refractivity contribution in [1.82, 2.24) is 10.2 Å². The van der Waals surface area contributed by atoms with Crippen molar-refractivity contribution in [3.63, 3.8) is 0 Å². The average molecular weight is 212 g/mol. The van der Waals surface area contributed by atoms with Crippen LogP contribution in [-0.2, 0) is 4.74 Å². The predicted molar refractivity (Wildman–Crippen MR) is 57.8 cm³/mol. The standard InChI is InChI=1S/C11H20N2O2/c1-10(2,3)13-9(14)15-8-11(13)4-6-12-7-5-11/h12H,4-8H2,1-3H3. The number of amides is 1. The van der Waals surface area contributed by atoms with Crippen LogP contribution >= 0.6 is 0 Å². The summed E-state index contributed by atoms with van der Waals surface area (Å²) in [5.74, 6) is 0. The highest BCUT2D eigenvalue weighted by Crippen LogP contribution is 2.37. The molecule has 2 aliphatic heterocycles. The molecule has 1 amide bonds. The summed E-state index contributed by atoms with van der Waals surface area (Å²) in [6.45, 7) is 8.73. The smallest absolute Gasteiger partial charge is 0.410 e. The van der Waals surface area contributed by atoms with Crippen LogP contribution in [0, 0.1) is 0 Å². The molecular formula is C11H20N2O2. The molecule has 2 fully saturated rings. The first kappa shape index (κ1) is 10.7. The van der Waals surface area contributed by atoms with E-state index in [9.17, 15) is 4.79 Å². The van der Waals surface area contributed by atoms with Gasteiger partial charge in [0.25, 0.3) is 0 Å². The third-order valence-corrected chi connectivity index (χ3v) is 3.33. The monoisotopic (exact) mass is 212 g/mol. The number of carbonyl (C=O) groups excluding carboxylic acids is 1. The zero-order valence-corrected chi connectivity index (χ0v) is 9.80. The van der Waals surface area contributed by atoms with Crippen molar-refractivity contribution in [1.29, 1.82) is 0 Å². The van der Waals surface area contributed by atoms with E-state index < -0.39 is 0 Å². The van der Waals surface area contributed by atoms with E-state index in [1.165, 1.54) is 0 Å². The fraction of sp³-hybridized carbons (Fsp3) is 0.909. The van der Waals surface area contributed by atoms with E-state index in [1.54, 1.807) is 0 Å². The summed E-state index contributed by atoms with van der Waals surface area (Å²) in [6, 6.07) is 0. The first-order valence-electron chi connectivity index (χ1n) is 5.64. The Bertz CT molecular complexity index is 264. The number of piperidine rings is 1. The number of hydrogen-bond acceptors (Lipinski definition) is 3. The maximum Gasteiger partial charge on any atom is 0.410 e. The fourth-order valence-electron chi connectivity index (χ4n) is 2.76. The molecular weight excluding hydrogens is 192 g/mol. The number of carbonyl (C=O) groups is 1. The van der Waals surface area contributed by atoms with Gasteiger partial charge in [-0.05, 0) is 46.7 Å². The van der Waals surface area contributed by atoms with E-state index >= 15 is 0 Å². The quantitative estimate of drug-likeness (QED) is 0.659. The lowest BCUT2D eigenvalue weighted by molar-refractivity contribution is 0.0565. The molecule has 0 atom stereocenters. The third-order valence-electron chi connectivity index (χ3n) is 3.33. The molecule has 4 heteroatoms. The van der Waals surface area contributed by atoms with Gasteiger partial charge in [-0.1, -0.05) is 0 Å². The minimum absolute atomic E-state index is 0.0550. The van der Waals surface area contributed by atoms with Gasteiger partial charge in [0.15, 0.2) is 0 Å². The molecule has 2 aliphatic rings. The van der Waals surface area contributed by atoms with Gasteiger partial charge in [-0.15, -0.1) is 0 Å². The van der Waals surface area contributed by atoms with Crippen LogP contribution in [0.3, 0.4) is 0 Å². The normalized spacial score (nSPS) is 25.8. The molecule has 2 heterocycles. The van der Waals surface area contributed by atoms with Gasteiger partial charge in [0.2, 0.25) is 0 Å². The highest BCUT2D eigenvalue weighted by Gasteiger charge is 2.51. The third kappa shape index (κ3) is 1.71. The fourth-order valence-corrected chi connectivity index (χ4v) is 2.76. The SMILES string of the molecule is CC(C)(C)N1C(=O)OCC12CCNCC2. The number of cyclic esters (lactones) is 1. The van der Waals surface area contributed by atoms with Crippen LogP contribution < -0.4 is 5.32 Å². The van der Waals surface area contributed by atoms with Crippen LogP contribution in [0.25, 0.3) is 0 Å². The van der Waals surface area contributed by atoms with Crippen LogP contribution in [0.4, 0.5) is 4.79 Å². The molecule has 0 unspecified atom stereocenters. The van der Waals surface area contributed by atoms with Crippen molar-refractivity contribution in [2.45, 2.75) is 44.7 Å². The lowest BCUT2D eigenvalue weighted by atomic mass is 9.85. The first-order valence-corrected chi connectivity index (χ1v) is 5.64. The second-order valence-electron chi connectivity index (χ2n) is 5.54. The molecule has 0 aromatic heterocycles. The Balaban J connectivity index is 2.27. The zero-order chi connectivity index (χ0) is 11.1. The second kappa shape index (κ2) is 3.37. The van der Waals surface area contributed by atoms with Crippen molar-refractivity contribution in [2.75, 3.05) is 19.7 Å². The minimum Gasteiger partial charge on any atom is -0.447 e. The summed E-state index contributed by atoms with van der Waals surface area (Å²) in [7, 11) is 0. The van der Waals surface area contributed by atoms with Gasteiger partial charge in [0.1, 0.15) is 6.61 Å². The summed E-state index contributed by atoms with van der Waals surface area (Å²) in [5, 5.41) is 3.33. The Morgan fingerprint density at radius 1 is 1.33 bits per heavy atom. The van der Waals surface area contributed by atoms with E-state index in [-0.39, 0.29) is 17.2 Å². The van der Waals surface area contributed by atoms with Crippen molar-refractivity contribution in [3.8, 4) is 0 Å². The molecule has 4 nitrogen and oxygen atoms in total. The lowest BCUT2D eigenvalue weighted by Crippen LogP contribution is -2.59. The summed E-state index contributed by atoms with van der Waals surface area (Å²) >= 11 is 0. The molecule has 0 aliphatic carbocycles. The zero-order valence-electron chi connectivity index (χ0n) is 9.80. The number of hydrogen-bond donors (Lipinski definition) is 1. The average Bonchev–Trinajstić information content (AvgIpc) is 2.44. The number of nitrogens with one attached hydrogen (secondary N) is 1. The predicted octanol–water partition coefficient (Wildman–Crippen LogP) is 1.36. The van der Waals surface area contributed by atoms with E-state index in [0.29, 0.717) is 6.61 Å². The molecule has 0 bridgehead atoms. The van der Waals surface area contributed by atoms with Crippen LogP contribution in [0.15, 0.2) is 0 Å². The molecule has 0 aromatic rings. The number of ether oxygens (including phenoxy) is 1. The molecule has 2 saturated heterocycles. The Labute approximate surface area is 91.0 Å². The first-order chi connectivity index (χ1) is 6.96. The molecule has 0 saturated carbocycles. The van der Waals surface area contributed by atoms with Crippen molar-refractivity contribution in [2.24, 2.45) is 0 Å². The van der Waals surface area contributed by atoms with Gasteiger partial charge in [0.05, 0.1) is 5.54 Å². The molecule has 0 aromatic carbocycles. The van der Waals surface area contributed by atoms with E-state index in [1.807, 2.05) is 4.90 Å². The lowest BCUT2D eigenvalue weighted by Gasteiger charge is -2.45. The largest absolute Gasteiger partial charge is 0.447 e. The van der Waals surface area contributed by atoms with Crippen molar-refractivity contribution in [3.05, 3.63) is 0 Å². The Morgan fingerprint density at radius 3 is 2.47 bits per heavy atom. The van der Waals surface area contributed by atoms with E-state index in [4.69, 9.17) is 4.74 Å². The van der Waals surface area contributed by atoms with Crippen LogP contribution in [-0.4, -0.2) is 41.8 Å². The van der Waals surface area contributed by atoms with Gasteiger partial charge in [-0.25, -0.2) is 4.79 Å². The van der Waals surface area contributed by atoms with E-state index in [2.05, 4.69) is 26.1 Å². The van der Waals surface area contributed by atoms with Gasteiger partial charge in [-0.2, -0.15) is 0 Å². The maximum atomic E-state index is 11.8. The van der Waals surface area contributed by atoms with Crippen molar-refractivity contribution >= 4 is 6.09 Å². The van der Waals surface area contributed by atoms with Gasteiger partial charge < -0.3 is 10.1 Å². The minimum atomic E-state index is -0.149. The molecule has 1 spiro atoms. The molecule has 86 valence electrons. The Kier molecular flexibility index (Phi) is 2.41. The second-order valence-corrected chi connectivity index (χ2v) is 5.54. The topological polar surface area (TPSA) is 41.6 Å². The summed E-state index contributed by atoms with van der Waals surface area (Å²) in [4.78, 5) is 13.7.